The minimum absolute atomic E-state index is 0.784. The highest BCUT2D eigenvalue weighted by atomic mass is 14.8. The van der Waals surface area contributed by atoms with Crippen LogP contribution < -0.4 is 0 Å². The Morgan fingerprint density at radius 2 is 1.77 bits per heavy atom. The molecule has 0 aliphatic carbocycles. The molecule has 0 radical (unpaired) electrons. The molecule has 2 heteroatoms. The average Bonchev–Trinajstić information content (AvgIpc) is 2.19. The van der Waals surface area contributed by atoms with Gasteiger partial charge < -0.3 is 0 Å². The second-order valence-corrected chi connectivity index (χ2v) is 2.94. The fourth-order valence-corrected chi connectivity index (χ4v) is 1.23. The monoisotopic (exact) mass is 170 g/mol. The molecular weight excluding hydrogens is 160 g/mol. The highest BCUT2D eigenvalue weighted by molar-refractivity contribution is 5.55. The van der Waals surface area contributed by atoms with Crippen molar-refractivity contribution in [2.24, 2.45) is 0 Å². The first-order chi connectivity index (χ1) is 6.36. The lowest BCUT2D eigenvalue weighted by Crippen LogP contribution is -1.86. The van der Waals surface area contributed by atoms with Crippen LogP contribution >= 0.6 is 0 Å². The van der Waals surface area contributed by atoms with Gasteiger partial charge in [-0.2, -0.15) is 0 Å². The Morgan fingerprint density at radius 3 is 2.46 bits per heavy atom. The van der Waals surface area contributed by atoms with Crippen LogP contribution in [0.25, 0.3) is 11.4 Å². The first-order valence-electron chi connectivity index (χ1n) is 4.20. The van der Waals surface area contributed by atoms with E-state index >= 15 is 0 Å². The summed E-state index contributed by atoms with van der Waals surface area (Å²) in [7, 11) is 0. The van der Waals surface area contributed by atoms with E-state index in [1.54, 1.807) is 12.4 Å². The fourth-order valence-electron chi connectivity index (χ4n) is 1.23. The first-order valence-corrected chi connectivity index (χ1v) is 4.20. The number of benzene rings is 1. The number of rotatable bonds is 1. The van der Waals surface area contributed by atoms with E-state index in [1.807, 2.05) is 18.2 Å². The molecule has 0 saturated carbocycles. The Hall–Kier alpha value is -1.70. The Morgan fingerprint density at radius 1 is 1.00 bits per heavy atom. The molecule has 0 amide bonds. The zero-order valence-corrected chi connectivity index (χ0v) is 7.44. The van der Waals surface area contributed by atoms with Crippen LogP contribution in [-0.4, -0.2) is 9.97 Å². The minimum Gasteiger partial charge on any atom is -0.237 e. The molecule has 64 valence electrons. The summed E-state index contributed by atoms with van der Waals surface area (Å²) in [6, 6.07) is 9.99. The van der Waals surface area contributed by atoms with Gasteiger partial charge in [-0.1, -0.05) is 23.8 Å². The first kappa shape index (κ1) is 7.92. The molecule has 13 heavy (non-hydrogen) atoms. The van der Waals surface area contributed by atoms with Gasteiger partial charge in [0, 0.05) is 18.0 Å². The molecule has 0 aliphatic rings. The van der Waals surface area contributed by atoms with Gasteiger partial charge in [0.2, 0.25) is 0 Å². The molecular formula is C11H10N2. The van der Waals surface area contributed by atoms with Gasteiger partial charge in [-0.05, 0) is 19.1 Å². The number of hydrogen-bond donors (Lipinski definition) is 0. The van der Waals surface area contributed by atoms with E-state index in [2.05, 4.69) is 29.0 Å². The van der Waals surface area contributed by atoms with Crippen molar-refractivity contribution in [3.8, 4) is 11.4 Å². The molecule has 0 unspecified atom stereocenters. The Balaban J connectivity index is 2.48. The normalized spacial score (nSPS) is 9.92. The number of aromatic nitrogens is 2. The van der Waals surface area contributed by atoms with Crippen LogP contribution in [-0.2, 0) is 0 Å². The van der Waals surface area contributed by atoms with Crippen LogP contribution in [0.15, 0.2) is 42.7 Å². The lowest BCUT2D eigenvalue weighted by atomic mass is 10.1. The van der Waals surface area contributed by atoms with E-state index in [9.17, 15) is 0 Å². The second kappa shape index (κ2) is 3.35. The van der Waals surface area contributed by atoms with E-state index in [4.69, 9.17) is 0 Å². The molecule has 1 aromatic heterocycles. The summed E-state index contributed by atoms with van der Waals surface area (Å²) in [6.07, 6.45) is 3.51. The Labute approximate surface area is 77.3 Å². The highest BCUT2D eigenvalue weighted by Gasteiger charge is 1.97. The SMILES string of the molecule is Cc1cccc(-c2ncccn2)c1. The van der Waals surface area contributed by atoms with Crippen molar-refractivity contribution in [3.05, 3.63) is 48.3 Å². The molecule has 0 fully saturated rings. The van der Waals surface area contributed by atoms with Crippen molar-refractivity contribution in [2.45, 2.75) is 6.92 Å². The van der Waals surface area contributed by atoms with Gasteiger partial charge in [0.1, 0.15) is 0 Å². The van der Waals surface area contributed by atoms with Gasteiger partial charge in [0.25, 0.3) is 0 Å². The van der Waals surface area contributed by atoms with Gasteiger partial charge in [-0.15, -0.1) is 0 Å². The third-order valence-corrected chi connectivity index (χ3v) is 1.84. The van der Waals surface area contributed by atoms with E-state index < -0.39 is 0 Å². The third kappa shape index (κ3) is 1.72. The number of nitrogens with zero attached hydrogens (tertiary/aromatic N) is 2. The molecule has 0 bridgehead atoms. The van der Waals surface area contributed by atoms with Crippen LogP contribution in [0.5, 0.6) is 0 Å². The fraction of sp³-hybridized carbons (Fsp3) is 0.0909. The number of hydrogen-bond acceptors (Lipinski definition) is 2. The highest BCUT2D eigenvalue weighted by Crippen LogP contribution is 2.14. The maximum atomic E-state index is 4.18. The standard InChI is InChI=1S/C11H10N2/c1-9-4-2-5-10(8-9)11-12-6-3-7-13-11/h2-8H,1H3. The van der Waals surface area contributed by atoms with Gasteiger partial charge in [-0.25, -0.2) is 9.97 Å². The summed E-state index contributed by atoms with van der Waals surface area (Å²) in [6.45, 7) is 2.06. The second-order valence-electron chi connectivity index (χ2n) is 2.94. The summed E-state index contributed by atoms with van der Waals surface area (Å²) in [5.41, 5.74) is 2.30. The van der Waals surface area contributed by atoms with Crippen LogP contribution in [0.3, 0.4) is 0 Å². The van der Waals surface area contributed by atoms with E-state index in [0.29, 0.717) is 0 Å². The predicted octanol–water partition coefficient (Wildman–Crippen LogP) is 2.45. The summed E-state index contributed by atoms with van der Waals surface area (Å²) < 4.78 is 0. The van der Waals surface area contributed by atoms with Crippen LogP contribution in [0.4, 0.5) is 0 Å². The average molecular weight is 170 g/mol. The third-order valence-electron chi connectivity index (χ3n) is 1.84. The zero-order chi connectivity index (χ0) is 9.10. The van der Waals surface area contributed by atoms with Gasteiger partial charge in [0.15, 0.2) is 5.82 Å². The topological polar surface area (TPSA) is 25.8 Å². The molecule has 1 aromatic carbocycles. The van der Waals surface area contributed by atoms with Crippen LogP contribution in [0, 0.1) is 6.92 Å². The van der Waals surface area contributed by atoms with Crippen LogP contribution in [0.2, 0.25) is 0 Å². The molecule has 0 aliphatic heterocycles. The summed E-state index contributed by atoms with van der Waals surface area (Å²) in [5.74, 6) is 0.784. The van der Waals surface area contributed by atoms with Crippen molar-refractivity contribution >= 4 is 0 Å². The van der Waals surface area contributed by atoms with Gasteiger partial charge in [0.05, 0.1) is 0 Å². The van der Waals surface area contributed by atoms with Crippen molar-refractivity contribution in [2.75, 3.05) is 0 Å². The molecule has 0 spiro atoms. The molecule has 0 N–H and O–H groups in total. The zero-order valence-electron chi connectivity index (χ0n) is 7.44. The molecule has 2 rings (SSSR count). The van der Waals surface area contributed by atoms with E-state index in [1.165, 1.54) is 5.56 Å². The smallest absolute Gasteiger partial charge is 0.159 e. The van der Waals surface area contributed by atoms with Crippen molar-refractivity contribution in [1.29, 1.82) is 0 Å². The largest absolute Gasteiger partial charge is 0.237 e. The molecule has 1 heterocycles. The summed E-state index contributed by atoms with van der Waals surface area (Å²) in [5, 5.41) is 0. The molecule has 2 aromatic rings. The summed E-state index contributed by atoms with van der Waals surface area (Å²) >= 11 is 0. The Bertz CT molecular complexity index is 396. The maximum Gasteiger partial charge on any atom is 0.159 e. The molecule has 0 saturated heterocycles. The number of aryl methyl sites for hydroxylation is 1. The van der Waals surface area contributed by atoms with Crippen molar-refractivity contribution in [3.63, 3.8) is 0 Å². The minimum atomic E-state index is 0.784. The lowest BCUT2D eigenvalue weighted by Gasteiger charge is -1.99. The van der Waals surface area contributed by atoms with Gasteiger partial charge >= 0.3 is 0 Å². The van der Waals surface area contributed by atoms with Crippen LogP contribution in [0.1, 0.15) is 5.56 Å². The van der Waals surface area contributed by atoms with Crippen molar-refractivity contribution in [1.82, 2.24) is 9.97 Å². The van der Waals surface area contributed by atoms with E-state index in [0.717, 1.165) is 11.4 Å². The van der Waals surface area contributed by atoms with Gasteiger partial charge in [-0.3, -0.25) is 0 Å². The Kier molecular flexibility index (Phi) is 2.04. The summed E-state index contributed by atoms with van der Waals surface area (Å²) in [4.78, 5) is 8.36. The maximum absolute atomic E-state index is 4.18. The quantitative estimate of drug-likeness (QED) is 0.657. The molecule has 2 nitrogen and oxygen atoms in total. The predicted molar refractivity (Wildman–Crippen MR) is 52.2 cm³/mol. The van der Waals surface area contributed by atoms with E-state index in [-0.39, 0.29) is 0 Å². The molecule has 0 atom stereocenters. The lowest BCUT2D eigenvalue weighted by molar-refractivity contribution is 1.17. The van der Waals surface area contributed by atoms with Crippen molar-refractivity contribution < 1.29 is 0 Å².